The van der Waals surface area contributed by atoms with Crippen LogP contribution in [0.4, 0.5) is 26.3 Å². The zero-order valence-corrected chi connectivity index (χ0v) is 18.8. The fourth-order valence-corrected chi connectivity index (χ4v) is 4.51. The van der Waals surface area contributed by atoms with Crippen LogP contribution in [-0.4, -0.2) is 19.1 Å². The van der Waals surface area contributed by atoms with Crippen molar-refractivity contribution >= 4 is 55.0 Å². The number of imidazole rings is 2. The van der Waals surface area contributed by atoms with Gasteiger partial charge in [0.25, 0.3) is 0 Å². The number of aromatic nitrogens is 4. The smallest absolute Gasteiger partial charge is 0.303 e. The average molecular weight is 520 g/mol. The van der Waals surface area contributed by atoms with Crippen molar-refractivity contribution < 1.29 is 26.3 Å². The molecule has 5 rings (SSSR count). The molecule has 0 aliphatic rings. The molecule has 0 N–H and O–H groups in total. The molecule has 0 atom stereocenters. The van der Waals surface area contributed by atoms with Crippen molar-refractivity contribution in [3.63, 3.8) is 0 Å². The highest BCUT2D eigenvalue weighted by Crippen LogP contribution is 2.42. The number of nitrogens with zero attached hydrogens (tertiary/aromatic N) is 8. The van der Waals surface area contributed by atoms with Crippen LogP contribution in [0.15, 0.2) is 0 Å². The van der Waals surface area contributed by atoms with E-state index >= 15 is 26.3 Å². The van der Waals surface area contributed by atoms with E-state index in [1.165, 1.54) is 12.1 Å². The van der Waals surface area contributed by atoms with E-state index in [1.807, 2.05) is 0 Å². The van der Waals surface area contributed by atoms with E-state index < -0.39 is 101 Å². The number of rotatable bonds is 0. The van der Waals surface area contributed by atoms with Crippen molar-refractivity contribution in [1.29, 1.82) is 10.5 Å². The van der Waals surface area contributed by atoms with E-state index in [9.17, 15) is 10.5 Å². The first-order chi connectivity index (χ1) is 18.0. The van der Waals surface area contributed by atoms with Crippen molar-refractivity contribution in [2.75, 3.05) is 0 Å². The van der Waals surface area contributed by atoms with Gasteiger partial charge in [-0.3, -0.25) is 0 Å². The number of aryl methyl sites for hydroxylation is 2. The second-order valence-electron chi connectivity index (χ2n) is 7.91. The Labute approximate surface area is 206 Å². The Kier molecular flexibility index (Phi) is 5.05. The van der Waals surface area contributed by atoms with Gasteiger partial charge in [-0.15, -0.1) is 0 Å². The molecule has 0 bridgehead atoms. The Morgan fingerprint density at radius 1 is 0.632 bits per heavy atom. The Bertz CT molecular complexity index is 2230. The number of hydrogen-bond donors (Lipinski definition) is 0. The highest BCUT2D eigenvalue weighted by molar-refractivity contribution is 6.21. The summed E-state index contributed by atoms with van der Waals surface area (Å²) in [5.74, 6) is -10.8. The van der Waals surface area contributed by atoms with Crippen molar-refractivity contribution in [2.45, 2.75) is 0 Å². The molecule has 5 aromatic rings. The molecule has 0 spiro atoms. The first kappa shape index (κ1) is 24.1. The standard InChI is InChI=1S/C24H6F6N8/c1-33-7(5-31)23-35-19-10-9-11(13(25)14(26)12(10)15(27)18(30)22(19)38(23)4)16(28)20-21(17(9)29)37(3)24(36-20)8(6-32)34-2/h3-4H3/b23-7+,24-8+. The van der Waals surface area contributed by atoms with Crippen LogP contribution in [0.2, 0.25) is 0 Å². The zero-order chi connectivity index (χ0) is 27.8. The van der Waals surface area contributed by atoms with Crippen LogP contribution >= 0.6 is 0 Å². The number of hydrogen-bond acceptors (Lipinski definition) is 4. The molecule has 0 aliphatic carbocycles. The Balaban J connectivity index is 2.27. The maximum Gasteiger partial charge on any atom is 0.303 e. The lowest BCUT2D eigenvalue weighted by atomic mass is 9.97. The van der Waals surface area contributed by atoms with Crippen LogP contribution in [-0.2, 0) is 14.1 Å². The predicted octanol–water partition coefficient (Wildman–Crippen LogP) is 3.70. The summed E-state index contributed by atoms with van der Waals surface area (Å²) >= 11 is 0. The van der Waals surface area contributed by atoms with Gasteiger partial charge in [-0.2, -0.15) is 0 Å². The average Bonchev–Trinajstić information content (AvgIpc) is 3.42. The maximum atomic E-state index is 16.1. The van der Waals surface area contributed by atoms with E-state index in [4.69, 9.17) is 13.1 Å². The highest BCUT2D eigenvalue weighted by Gasteiger charge is 2.32. The van der Waals surface area contributed by atoms with E-state index in [0.717, 1.165) is 23.2 Å². The molecule has 2 aromatic heterocycles. The van der Waals surface area contributed by atoms with Crippen LogP contribution in [0.3, 0.4) is 0 Å². The zero-order valence-electron chi connectivity index (χ0n) is 18.8. The molecule has 0 unspecified atom stereocenters. The lowest BCUT2D eigenvalue weighted by Crippen LogP contribution is -2.17. The number of nitriles is 2. The fraction of sp³-hybridized carbons (Fsp3) is 0.0833. The molecule has 8 nitrogen and oxygen atoms in total. The van der Waals surface area contributed by atoms with Crippen LogP contribution in [0.25, 0.3) is 64.7 Å². The van der Waals surface area contributed by atoms with Crippen LogP contribution < -0.4 is 11.0 Å². The minimum absolute atomic E-state index is 0.483. The van der Waals surface area contributed by atoms with E-state index in [1.54, 1.807) is 0 Å². The summed E-state index contributed by atoms with van der Waals surface area (Å²) in [7, 11) is 2.23. The molecule has 0 saturated carbocycles. The fourth-order valence-electron chi connectivity index (χ4n) is 4.51. The molecule has 184 valence electrons. The molecule has 3 aromatic carbocycles. The first-order valence-corrected chi connectivity index (χ1v) is 10.2. The van der Waals surface area contributed by atoms with Crippen molar-refractivity contribution in [3.8, 4) is 12.1 Å². The van der Waals surface area contributed by atoms with Gasteiger partial charge in [-0.05, 0) is 0 Å². The second kappa shape index (κ2) is 7.95. The predicted molar refractivity (Wildman–Crippen MR) is 120 cm³/mol. The first-order valence-electron chi connectivity index (χ1n) is 10.2. The summed E-state index contributed by atoms with van der Waals surface area (Å²) in [6.45, 7) is 14.2. The minimum Gasteiger partial charge on any atom is -0.333 e. The topological polar surface area (TPSA) is 91.9 Å². The highest BCUT2D eigenvalue weighted by atomic mass is 19.2. The third kappa shape index (κ3) is 2.71. The Morgan fingerprint density at radius 3 is 1.53 bits per heavy atom. The van der Waals surface area contributed by atoms with Gasteiger partial charge in [0.15, 0.2) is 40.4 Å². The van der Waals surface area contributed by atoms with Gasteiger partial charge < -0.3 is 9.13 Å². The monoisotopic (exact) mass is 520 g/mol. The van der Waals surface area contributed by atoms with E-state index in [-0.39, 0.29) is 0 Å². The van der Waals surface area contributed by atoms with Gasteiger partial charge in [0, 0.05) is 24.9 Å². The van der Waals surface area contributed by atoms with Crippen LogP contribution in [0.5, 0.6) is 0 Å². The molecule has 14 heteroatoms. The maximum absolute atomic E-state index is 16.1. The summed E-state index contributed by atoms with van der Waals surface area (Å²) in [6.07, 6.45) is 0. The Hall–Kier alpha value is -5.60. The third-order valence-corrected chi connectivity index (χ3v) is 6.14. The van der Waals surface area contributed by atoms with E-state index in [2.05, 4.69) is 19.7 Å². The molecule has 0 amide bonds. The largest absolute Gasteiger partial charge is 0.333 e. The molecule has 0 aliphatic heterocycles. The van der Waals surface area contributed by atoms with Gasteiger partial charge in [0.1, 0.15) is 22.0 Å². The number of benzene rings is 3. The lowest BCUT2D eigenvalue weighted by Gasteiger charge is -2.13. The van der Waals surface area contributed by atoms with Crippen molar-refractivity contribution in [1.82, 2.24) is 19.1 Å². The van der Waals surface area contributed by atoms with Gasteiger partial charge in [0.05, 0.1) is 41.6 Å². The molecular weight excluding hydrogens is 514 g/mol. The normalized spacial score (nSPS) is 12.9. The second-order valence-corrected chi connectivity index (χ2v) is 7.91. The number of fused-ring (bicyclic) bond motifs is 6. The Morgan fingerprint density at radius 2 is 1.05 bits per heavy atom. The summed E-state index contributed by atoms with van der Waals surface area (Å²) in [6, 6.07) is 3.03. The SMILES string of the molecule is [C-]#[N+]/C(C#N)=c1\nc2c(F)c3c(F)c(F)c4c(F)c(F)c5c(n/c(=C(/C#N)[N+]#[C-])n5C)c4c3c(F)c2n1C. The molecular formula is C24H6F6N8. The van der Waals surface area contributed by atoms with Gasteiger partial charge >= 0.3 is 11.4 Å². The molecule has 0 radical (unpaired) electrons. The van der Waals surface area contributed by atoms with Gasteiger partial charge in [-0.1, -0.05) is 0 Å². The molecule has 2 heterocycles. The third-order valence-electron chi connectivity index (χ3n) is 6.14. The molecule has 0 saturated heterocycles. The molecule has 0 fully saturated rings. The van der Waals surface area contributed by atoms with Crippen molar-refractivity contribution in [2.24, 2.45) is 14.1 Å². The summed E-state index contributed by atoms with van der Waals surface area (Å²) in [4.78, 5) is 13.6. The lowest BCUT2D eigenvalue weighted by molar-refractivity contribution is 0.497. The van der Waals surface area contributed by atoms with Gasteiger partial charge in [-0.25, -0.2) is 56.5 Å². The summed E-state index contributed by atoms with van der Waals surface area (Å²) < 4.78 is 94.2. The summed E-state index contributed by atoms with van der Waals surface area (Å²) in [5.41, 5.74) is -5.25. The van der Waals surface area contributed by atoms with Crippen LogP contribution in [0.1, 0.15) is 0 Å². The summed E-state index contributed by atoms with van der Waals surface area (Å²) in [5, 5.41) is 13.8. The minimum atomic E-state index is -2.05. The molecule has 38 heavy (non-hydrogen) atoms. The van der Waals surface area contributed by atoms with Gasteiger partial charge in [0.2, 0.25) is 0 Å². The number of halogens is 6. The van der Waals surface area contributed by atoms with Crippen molar-refractivity contribution in [3.05, 3.63) is 68.7 Å². The van der Waals surface area contributed by atoms with E-state index in [0.29, 0.717) is 0 Å². The van der Waals surface area contributed by atoms with Crippen LogP contribution in [0, 0.1) is 70.7 Å². The quantitative estimate of drug-likeness (QED) is 0.177.